The molecule has 1 heterocycles. The summed E-state index contributed by atoms with van der Waals surface area (Å²) in [5.41, 5.74) is 3.26. The van der Waals surface area contributed by atoms with Crippen LogP contribution in [0.25, 0.3) is 5.76 Å². The minimum absolute atomic E-state index is 0.0448. The molecule has 0 spiro atoms. The Bertz CT molecular complexity index is 1330. The van der Waals surface area contributed by atoms with Gasteiger partial charge in [-0.05, 0) is 73.9 Å². The molecular formula is C28H26ClNO5. The lowest BCUT2D eigenvalue weighted by atomic mass is 9.94. The fraction of sp³-hybridized carbons (Fsp3) is 0.214. The van der Waals surface area contributed by atoms with Crippen LogP contribution >= 0.6 is 11.6 Å². The van der Waals surface area contributed by atoms with E-state index in [0.29, 0.717) is 29.4 Å². The molecule has 1 saturated heterocycles. The number of halogens is 1. The summed E-state index contributed by atoms with van der Waals surface area (Å²) in [6, 6.07) is 16.6. The SMILES string of the molecule is CCOc1ccc(Cl)c(/C(O)=C2\C(=O)C(=O)N(c3cccc(C)c3C)C2c2ccc(OC)cc2)c1. The quantitative estimate of drug-likeness (QED) is 0.260. The van der Waals surface area contributed by atoms with Crippen LogP contribution in [0.1, 0.15) is 35.2 Å². The highest BCUT2D eigenvalue weighted by Crippen LogP contribution is 2.44. The minimum atomic E-state index is -0.867. The molecule has 0 aliphatic carbocycles. The second kappa shape index (κ2) is 9.84. The number of ketones is 1. The summed E-state index contributed by atoms with van der Waals surface area (Å²) in [5, 5.41) is 11.7. The Labute approximate surface area is 209 Å². The predicted octanol–water partition coefficient (Wildman–Crippen LogP) is 5.99. The first kappa shape index (κ1) is 24.4. The number of ether oxygens (including phenoxy) is 2. The van der Waals surface area contributed by atoms with Crippen molar-refractivity contribution in [3.05, 3.63) is 93.5 Å². The number of carbonyl (C=O) groups excluding carboxylic acids is 2. The molecule has 1 fully saturated rings. The Kier molecular flexibility index (Phi) is 6.85. The van der Waals surface area contributed by atoms with Crippen molar-refractivity contribution in [3.8, 4) is 11.5 Å². The Morgan fingerprint density at radius 1 is 1.03 bits per heavy atom. The molecule has 1 N–H and O–H groups in total. The van der Waals surface area contributed by atoms with E-state index in [2.05, 4.69) is 0 Å². The summed E-state index contributed by atoms with van der Waals surface area (Å²) >= 11 is 6.41. The van der Waals surface area contributed by atoms with Crippen LogP contribution < -0.4 is 14.4 Å². The van der Waals surface area contributed by atoms with Crippen LogP contribution in [-0.4, -0.2) is 30.5 Å². The van der Waals surface area contributed by atoms with Gasteiger partial charge in [0.1, 0.15) is 17.3 Å². The van der Waals surface area contributed by atoms with Gasteiger partial charge in [0.15, 0.2) is 0 Å². The number of hydrogen-bond donors (Lipinski definition) is 1. The van der Waals surface area contributed by atoms with Crippen LogP contribution in [0, 0.1) is 13.8 Å². The lowest BCUT2D eigenvalue weighted by Gasteiger charge is -2.27. The number of aryl methyl sites for hydroxylation is 1. The van der Waals surface area contributed by atoms with Gasteiger partial charge in [0.25, 0.3) is 11.7 Å². The Hall–Kier alpha value is -3.77. The predicted molar refractivity (Wildman–Crippen MR) is 136 cm³/mol. The van der Waals surface area contributed by atoms with Gasteiger partial charge in [-0.25, -0.2) is 0 Å². The molecular weight excluding hydrogens is 466 g/mol. The molecule has 0 bridgehead atoms. The molecule has 1 amide bonds. The van der Waals surface area contributed by atoms with Crippen LogP contribution in [-0.2, 0) is 9.59 Å². The van der Waals surface area contributed by atoms with Crippen LogP contribution in [0.3, 0.4) is 0 Å². The molecule has 1 aliphatic heterocycles. The number of nitrogens with zero attached hydrogens (tertiary/aromatic N) is 1. The first-order valence-corrected chi connectivity index (χ1v) is 11.6. The van der Waals surface area contributed by atoms with E-state index in [1.54, 1.807) is 55.6 Å². The topological polar surface area (TPSA) is 76.1 Å². The second-order valence-corrected chi connectivity index (χ2v) is 8.64. The van der Waals surface area contributed by atoms with Crippen molar-refractivity contribution < 1.29 is 24.2 Å². The average Bonchev–Trinajstić information content (AvgIpc) is 3.12. The maximum Gasteiger partial charge on any atom is 0.300 e. The normalized spacial score (nSPS) is 17.1. The number of aliphatic hydroxyl groups excluding tert-OH is 1. The van der Waals surface area contributed by atoms with Crippen molar-refractivity contribution in [3.63, 3.8) is 0 Å². The summed E-state index contributed by atoms with van der Waals surface area (Å²) in [5.74, 6) is -0.753. The minimum Gasteiger partial charge on any atom is -0.507 e. The maximum absolute atomic E-state index is 13.4. The fourth-order valence-electron chi connectivity index (χ4n) is 4.27. The van der Waals surface area contributed by atoms with Crippen molar-refractivity contribution in [1.29, 1.82) is 0 Å². The third-order valence-corrected chi connectivity index (χ3v) is 6.55. The molecule has 3 aromatic rings. The van der Waals surface area contributed by atoms with Gasteiger partial charge in [0.2, 0.25) is 0 Å². The summed E-state index contributed by atoms with van der Waals surface area (Å²) in [6.07, 6.45) is 0. The third kappa shape index (κ3) is 4.37. The number of methoxy groups -OCH3 is 1. The molecule has 6 nitrogen and oxygen atoms in total. The average molecular weight is 492 g/mol. The number of hydrogen-bond acceptors (Lipinski definition) is 5. The van der Waals surface area contributed by atoms with Gasteiger partial charge in [0, 0.05) is 11.3 Å². The van der Waals surface area contributed by atoms with Gasteiger partial charge >= 0.3 is 0 Å². The van der Waals surface area contributed by atoms with E-state index in [4.69, 9.17) is 21.1 Å². The second-order valence-electron chi connectivity index (χ2n) is 8.24. The van der Waals surface area contributed by atoms with Gasteiger partial charge in [-0.3, -0.25) is 14.5 Å². The van der Waals surface area contributed by atoms with Crippen molar-refractivity contribution >= 4 is 34.7 Å². The molecule has 1 aliphatic rings. The number of aliphatic hydroxyl groups is 1. The molecule has 0 saturated carbocycles. The van der Waals surface area contributed by atoms with Crippen molar-refractivity contribution in [2.75, 3.05) is 18.6 Å². The van der Waals surface area contributed by atoms with E-state index < -0.39 is 17.7 Å². The van der Waals surface area contributed by atoms with Crippen LogP contribution in [0.5, 0.6) is 11.5 Å². The number of rotatable bonds is 6. The third-order valence-electron chi connectivity index (χ3n) is 6.22. The zero-order valence-electron chi connectivity index (χ0n) is 20.0. The van der Waals surface area contributed by atoms with Gasteiger partial charge < -0.3 is 14.6 Å². The fourth-order valence-corrected chi connectivity index (χ4v) is 4.47. The van der Waals surface area contributed by atoms with E-state index >= 15 is 0 Å². The lowest BCUT2D eigenvalue weighted by Crippen LogP contribution is -2.30. The smallest absolute Gasteiger partial charge is 0.300 e. The van der Waals surface area contributed by atoms with Crippen LogP contribution in [0.2, 0.25) is 5.02 Å². The maximum atomic E-state index is 13.4. The highest BCUT2D eigenvalue weighted by atomic mass is 35.5. The number of amides is 1. The number of anilines is 1. The Morgan fingerprint density at radius 3 is 2.37 bits per heavy atom. The molecule has 1 unspecified atom stereocenters. The standard InChI is InChI=1S/C28H26ClNO5/c1-5-35-20-13-14-22(29)21(15-20)26(31)24-25(18-9-11-19(34-4)12-10-18)30(28(33)27(24)32)23-8-6-7-16(2)17(23)3/h6-15,25,31H,5H2,1-4H3/b26-24+. The zero-order valence-corrected chi connectivity index (χ0v) is 20.7. The molecule has 0 aromatic heterocycles. The number of benzene rings is 3. The van der Waals surface area contributed by atoms with Gasteiger partial charge in [0.05, 0.1) is 30.4 Å². The van der Waals surface area contributed by atoms with E-state index in [1.165, 1.54) is 4.90 Å². The highest BCUT2D eigenvalue weighted by Gasteiger charge is 2.47. The molecule has 4 rings (SSSR count). The largest absolute Gasteiger partial charge is 0.507 e. The zero-order chi connectivity index (χ0) is 25.3. The van der Waals surface area contributed by atoms with Crippen molar-refractivity contribution in [2.45, 2.75) is 26.8 Å². The molecule has 180 valence electrons. The summed E-state index contributed by atoms with van der Waals surface area (Å²) in [4.78, 5) is 28.3. The Balaban J connectivity index is 1.98. The highest BCUT2D eigenvalue weighted by molar-refractivity contribution is 6.52. The number of carbonyl (C=O) groups is 2. The molecule has 0 radical (unpaired) electrons. The summed E-state index contributed by atoms with van der Waals surface area (Å²) in [7, 11) is 1.56. The van der Waals surface area contributed by atoms with Crippen molar-refractivity contribution in [1.82, 2.24) is 0 Å². The van der Waals surface area contributed by atoms with Gasteiger partial charge in [-0.1, -0.05) is 35.9 Å². The lowest BCUT2D eigenvalue weighted by molar-refractivity contribution is -0.132. The van der Waals surface area contributed by atoms with Gasteiger partial charge in [-0.2, -0.15) is 0 Å². The van der Waals surface area contributed by atoms with E-state index in [1.807, 2.05) is 32.9 Å². The monoisotopic (exact) mass is 491 g/mol. The van der Waals surface area contributed by atoms with Crippen molar-refractivity contribution in [2.24, 2.45) is 0 Å². The van der Waals surface area contributed by atoms with E-state index in [-0.39, 0.29) is 21.9 Å². The molecule has 7 heteroatoms. The van der Waals surface area contributed by atoms with E-state index in [9.17, 15) is 14.7 Å². The first-order chi connectivity index (χ1) is 16.8. The first-order valence-electron chi connectivity index (χ1n) is 11.2. The molecule has 3 aromatic carbocycles. The number of Topliss-reactive ketones (excluding diaryl/α,β-unsaturated/α-hetero) is 1. The molecule has 1 atom stereocenters. The van der Waals surface area contributed by atoms with Gasteiger partial charge in [-0.15, -0.1) is 0 Å². The van der Waals surface area contributed by atoms with Crippen LogP contribution in [0.4, 0.5) is 5.69 Å². The van der Waals surface area contributed by atoms with Crippen LogP contribution in [0.15, 0.2) is 66.2 Å². The Morgan fingerprint density at radius 2 is 1.71 bits per heavy atom. The van der Waals surface area contributed by atoms with E-state index in [0.717, 1.165) is 11.1 Å². The summed E-state index contributed by atoms with van der Waals surface area (Å²) in [6.45, 7) is 6.10. The molecule has 35 heavy (non-hydrogen) atoms. The summed E-state index contributed by atoms with van der Waals surface area (Å²) < 4.78 is 10.8.